The minimum Gasteiger partial charge on any atom is -0.496 e. The van der Waals surface area contributed by atoms with E-state index in [1.54, 1.807) is 7.11 Å². The van der Waals surface area contributed by atoms with Crippen molar-refractivity contribution in [2.45, 2.75) is 26.2 Å². The highest BCUT2D eigenvalue weighted by Crippen LogP contribution is 2.28. The Labute approximate surface area is 102 Å². The van der Waals surface area contributed by atoms with E-state index in [1.165, 1.54) is 0 Å². The first-order chi connectivity index (χ1) is 8.22. The van der Waals surface area contributed by atoms with Crippen molar-refractivity contribution in [2.75, 3.05) is 7.11 Å². The van der Waals surface area contributed by atoms with Gasteiger partial charge in [0, 0.05) is 0 Å². The molecule has 0 heterocycles. The van der Waals surface area contributed by atoms with E-state index in [2.05, 4.69) is 13.0 Å². The van der Waals surface area contributed by atoms with Gasteiger partial charge >= 0.3 is 0 Å². The van der Waals surface area contributed by atoms with Crippen LogP contribution in [0, 0.1) is 5.92 Å². The Balaban J connectivity index is 2.25. The maximum Gasteiger partial charge on any atom is 0.192 e. The predicted molar refractivity (Wildman–Crippen MR) is 68.4 cm³/mol. The lowest BCUT2D eigenvalue weighted by molar-refractivity contribution is 0.102. The van der Waals surface area contributed by atoms with Crippen molar-refractivity contribution in [1.29, 1.82) is 0 Å². The van der Waals surface area contributed by atoms with Crippen molar-refractivity contribution < 1.29 is 9.53 Å². The lowest BCUT2D eigenvalue weighted by Crippen LogP contribution is -2.11. The largest absolute Gasteiger partial charge is 0.496 e. The quantitative estimate of drug-likeness (QED) is 0.741. The van der Waals surface area contributed by atoms with E-state index in [0.717, 1.165) is 24.8 Å². The van der Waals surface area contributed by atoms with E-state index in [0.29, 0.717) is 17.2 Å². The molecule has 1 aliphatic rings. The van der Waals surface area contributed by atoms with E-state index in [4.69, 9.17) is 4.74 Å². The molecule has 1 aromatic rings. The molecule has 1 unspecified atom stereocenters. The number of carbonyl (C=O) groups is 1. The molecule has 90 valence electrons. The number of benzene rings is 1. The zero-order valence-electron chi connectivity index (χ0n) is 10.4. The van der Waals surface area contributed by atoms with Gasteiger partial charge in [-0.25, -0.2) is 0 Å². The molecule has 2 nitrogen and oxygen atoms in total. The molecule has 0 saturated carbocycles. The molecule has 1 aliphatic carbocycles. The fraction of sp³-hybridized carbons (Fsp3) is 0.400. The van der Waals surface area contributed by atoms with Gasteiger partial charge in [0.15, 0.2) is 5.78 Å². The zero-order valence-corrected chi connectivity index (χ0v) is 10.4. The van der Waals surface area contributed by atoms with Gasteiger partial charge in [-0.3, -0.25) is 4.79 Å². The van der Waals surface area contributed by atoms with Crippen LogP contribution in [-0.2, 0) is 0 Å². The van der Waals surface area contributed by atoms with Crippen LogP contribution in [0.15, 0.2) is 35.9 Å². The van der Waals surface area contributed by atoms with Crippen molar-refractivity contribution in [3.63, 3.8) is 0 Å². The molecule has 0 aromatic heterocycles. The molecule has 0 spiro atoms. The summed E-state index contributed by atoms with van der Waals surface area (Å²) >= 11 is 0. The van der Waals surface area contributed by atoms with Crippen molar-refractivity contribution in [3.05, 3.63) is 41.5 Å². The number of ether oxygens (including phenoxy) is 1. The summed E-state index contributed by atoms with van der Waals surface area (Å²) in [5.74, 6) is 1.48. The van der Waals surface area contributed by atoms with Gasteiger partial charge in [0.1, 0.15) is 5.75 Å². The van der Waals surface area contributed by atoms with Gasteiger partial charge in [-0.1, -0.05) is 25.1 Å². The average Bonchev–Trinajstić information content (AvgIpc) is 2.39. The highest BCUT2D eigenvalue weighted by Gasteiger charge is 2.19. The SMILES string of the molecule is COc1ccccc1C(=O)C1=CCC(C)CC1. The second kappa shape index (κ2) is 5.17. The average molecular weight is 230 g/mol. The molecule has 2 rings (SSSR count). The number of allylic oxidation sites excluding steroid dienone is 2. The first-order valence-corrected chi connectivity index (χ1v) is 6.09. The van der Waals surface area contributed by atoms with E-state index >= 15 is 0 Å². The summed E-state index contributed by atoms with van der Waals surface area (Å²) in [5.41, 5.74) is 1.61. The summed E-state index contributed by atoms with van der Waals surface area (Å²) in [6.45, 7) is 2.22. The van der Waals surface area contributed by atoms with Gasteiger partial charge in [-0.05, 0) is 42.9 Å². The Morgan fingerprint density at radius 3 is 2.76 bits per heavy atom. The molecule has 1 aromatic carbocycles. The fourth-order valence-electron chi connectivity index (χ4n) is 2.18. The highest BCUT2D eigenvalue weighted by molar-refractivity contribution is 6.10. The van der Waals surface area contributed by atoms with E-state index in [9.17, 15) is 4.79 Å². The summed E-state index contributed by atoms with van der Waals surface area (Å²) in [4.78, 5) is 12.3. The van der Waals surface area contributed by atoms with Gasteiger partial charge in [-0.15, -0.1) is 0 Å². The molecule has 0 saturated heterocycles. The Kier molecular flexibility index (Phi) is 3.62. The molecule has 0 amide bonds. The molecular weight excluding hydrogens is 212 g/mol. The van der Waals surface area contributed by atoms with Crippen LogP contribution in [0.5, 0.6) is 5.75 Å². The number of Topliss-reactive ketones (excluding diaryl/α,β-unsaturated/α-hetero) is 1. The summed E-state index contributed by atoms with van der Waals surface area (Å²) in [6, 6.07) is 7.42. The van der Waals surface area contributed by atoms with E-state index in [1.807, 2.05) is 24.3 Å². The molecule has 0 fully saturated rings. The van der Waals surface area contributed by atoms with Gasteiger partial charge in [0.2, 0.25) is 0 Å². The second-order valence-electron chi connectivity index (χ2n) is 4.64. The number of hydrogen-bond donors (Lipinski definition) is 0. The highest BCUT2D eigenvalue weighted by atomic mass is 16.5. The van der Waals surface area contributed by atoms with Crippen LogP contribution < -0.4 is 4.74 Å². The third-order valence-electron chi connectivity index (χ3n) is 3.32. The van der Waals surface area contributed by atoms with Gasteiger partial charge < -0.3 is 4.74 Å². The smallest absolute Gasteiger partial charge is 0.192 e. The minimum atomic E-state index is 0.120. The van der Waals surface area contributed by atoms with Crippen molar-refractivity contribution in [2.24, 2.45) is 5.92 Å². The van der Waals surface area contributed by atoms with Crippen LogP contribution in [0.4, 0.5) is 0 Å². The molecule has 0 radical (unpaired) electrons. The molecule has 0 bridgehead atoms. The van der Waals surface area contributed by atoms with E-state index in [-0.39, 0.29) is 5.78 Å². The van der Waals surface area contributed by atoms with E-state index < -0.39 is 0 Å². The third kappa shape index (κ3) is 2.57. The Hall–Kier alpha value is -1.57. The summed E-state index contributed by atoms with van der Waals surface area (Å²) in [6.07, 6.45) is 5.09. The first-order valence-electron chi connectivity index (χ1n) is 6.09. The van der Waals surface area contributed by atoms with Crippen molar-refractivity contribution >= 4 is 5.78 Å². The number of ketones is 1. The summed E-state index contributed by atoms with van der Waals surface area (Å²) < 4.78 is 5.23. The van der Waals surface area contributed by atoms with Crippen LogP contribution in [0.25, 0.3) is 0 Å². The second-order valence-corrected chi connectivity index (χ2v) is 4.64. The van der Waals surface area contributed by atoms with Crippen molar-refractivity contribution in [1.82, 2.24) is 0 Å². The van der Waals surface area contributed by atoms with Gasteiger partial charge in [-0.2, -0.15) is 0 Å². The Morgan fingerprint density at radius 1 is 1.35 bits per heavy atom. The fourth-order valence-corrected chi connectivity index (χ4v) is 2.18. The number of hydrogen-bond acceptors (Lipinski definition) is 2. The molecular formula is C15H18O2. The zero-order chi connectivity index (χ0) is 12.3. The van der Waals surface area contributed by atoms with Crippen LogP contribution in [0.1, 0.15) is 36.5 Å². The number of methoxy groups -OCH3 is 1. The monoisotopic (exact) mass is 230 g/mol. The third-order valence-corrected chi connectivity index (χ3v) is 3.32. The maximum atomic E-state index is 12.3. The topological polar surface area (TPSA) is 26.3 Å². The molecule has 17 heavy (non-hydrogen) atoms. The minimum absolute atomic E-state index is 0.120. The lowest BCUT2D eigenvalue weighted by atomic mass is 9.87. The summed E-state index contributed by atoms with van der Waals surface area (Å²) in [7, 11) is 1.60. The lowest BCUT2D eigenvalue weighted by Gasteiger charge is -2.18. The van der Waals surface area contributed by atoms with Crippen LogP contribution in [-0.4, -0.2) is 12.9 Å². The Morgan fingerprint density at radius 2 is 2.12 bits per heavy atom. The van der Waals surface area contributed by atoms with Crippen LogP contribution in [0.2, 0.25) is 0 Å². The first kappa shape index (κ1) is 11.9. The number of rotatable bonds is 3. The standard InChI is InChI=1S/C15H18O2/c1-11-7-9-12(10-8-11)15(16)13-5-3-4-6-14(13)17-2/h3-6,9,11H,7-8,10H2,1-2H3. The van der Waals surface area contributed by atoms with Crippen LogP contribution >= 0.6 is 0 Å². The molecule has 0 N–H and O–H groups in total. The number of carbonyl (C=O) groups excluding carboxylic acids is 1. The normalized spacial score (nSPS) is 19.6. The predicted octanol–water partition coefficient (Wildman–Crippen LogP) is 3.62. The number of para-hydroxylation sites is 1. The molecule has 1 atom stereocenters. The van der Waals surface area contributed by atoms with Crippen molar-refractivity contribution in [3.8, 4) is 5.75 Å². The molecule has 0 aliphatic heterocycles. The summed E-state index contributed by atoms with van der Waals surface area (Å²) in [5, 5.41) is 0. The van der Waals surface area contributed by atoms with Gasteiger partial charge in [0.25, 0.3) is 0 Å². The maximum absolute atomic E-state index is 12.3. The van der Waals surface area contributed by atoms with Crippen LogP contribution in [0.3, 0.4) is 0 Å². The van der Waals surface area contributed by atoms with Gasteiger partial charge in [0.05, 0.1) is 12.7 Å². The molecule has 2 heteroatoms. The Bertz CT molecular complexity index is 446.